The number of anilines is 1. The van der Waals surface area contributed by atoms with Crippen LogP contribution in [0.2, 0.25) is 0 Å². The monoisotopic (exact) mass is 577 g/mol. The van der Waals surface area contributed by atoms with Crippen molar-refractivity contribution in [3.05, 3.63) is 101 Å². The lowest BCUT2D eigenvalue weighted by Crippen LogP contribution is -2.16. The van der Waals surface area contributed by atoms with E-state index in [4.69, 9.17) is 19.3 Å². The third-order valence-electron chi connectivity index (χ3n) is 6.19. The van der Waals surface area contributed by atoms with Gasteiger partial charge in [-0.25, -0.2) is 4.98 Å². The molecule has 206 valence electrons. The SMILES string of the molecule is NC(=O)c1sc2nc(C(F)(F)F)cc(-c3ccco3)c2c1NC(=O)c1ccc(COc2ccc3ccccc3c2)o1. The first-order valence-electron chi connectivity index (χ1n) is 12.1. The number of ether oxygens (including phenoxy) is 1. The molecule has 41 heavy (non-hydrogen) atoms. The molecule has 6 rings (SSSR count). The Labute approximate surface area is 233 Å². The fourth-order valence-electron chi connectivity index (χ4n) is 4.33. The first-order valence-corrected chi connectivity index (χ1v) is 12.9. The van der Waals surface area contributed by atoms with Crippen LogP contribution < -0.4 is 15.8 Å². The Kier molecular flexibility index (Phi) is 6.46. The van der Waals surface area contributed by atoms with E-state index >= 15 is 0 Å². The lowest BCUT2D eigenvalue weighted by Gasteiger charge is -2.10. The number of nitrogens with two attached hydrogens (primary N) is 1. The number of fused-ring (bicyclic) bond motifs is 2. The number of rotatable bonds is 7. The maximum Gasteiger partial charge on any atom is 0.433 e. The fraction of sp³-hybridized carbons (Fsp3) is 0.0690. The van der Waals surface area contributed by atoms with Gasteiger partial charge in [0.25, 0.3) is 11.8 Å². The van der Waals surface area contributed by atoms with Crippen LogP contribution in [0.4, 0.5) is 18.9 Å². The molecule has 4 aromatic heterocycles. The number of primary amides is 1. The standard InChI is InChI=1S/C29H18F3N3O5S/c30-29(31,32)22-13-19(20-6-3-11-38-20)23-24(25(26(33)36)41-28(23)34-22)35-27(37)21-10-9-18(40-21)14-39-17-8-7-15-4-1-2-5-16(15)12-17/h1-13H,14H2,(H2,33,36)(H,35,37). The third kappa shape index (κ3) is 5.12. The fourth-order valence-corrected chi connectivity index (χ4v) is 5.33. The first kappa shape index (κ1) is 26.1. The average molecular weight is 578 g/mol. The van der Waals surface area contributed by atoms with Crippen molar-refractivity contribution in [1.82, 2.24) is 4.98 Å². The van der Waals surface area contributed by atoms with Crippen LogP contribution in [-0.2, 0) is 12.8 Å². The van der Waals surface area contributed by atoms with Crippen molar-refractivity contribution in [2.75, 3.05) is 5.32 Å². The molecule has 0 spiro atoms. The number of nitrogens with zero attached hydrogens (tertiary/aromatic N) is 1. The zero-order valence-electron chi connectivity index (χ0n) is 20.8. The number of thiophene rings is 1. The Morgan fingerprint density at radius 2 is 1.80 bits per heavy atom. The minimum Gasteiger partial charge on any atom is -0.486 e. The van der Waals surface area contributed by atoms with Crippen molar-refractivity contribution in [1.29, 1.82) is 0 Å². The van der Waals surface area contributed by atoms with Crippen LogP contribution in [0, 0.1) is 0 Å². The average Bonchev–Trinajstić information content (AvgIpc) is 3.71. The highest BCUT2D eigenvalue weighted by Gasteiger charge is 2.35. The van der Waals surface area contributed by atoms with Crippen LogP contribution in [0.3, 0.4) is 0 Å². The van der Waals surface area contributed by atoms with Crippen LogP contribution in [0.1, 0.15) is 31.7 Å². The van der Waals surface area contributed by atoms with Crippen LogP contribution in [-0.4, -0.2) is 16.8 Å². The minimum atomic E-state index is -4.77. The van der Waals surface area contributed by atoms with Gasteiger partial charge in [-0.1, -0.05) is 30.3 Å². The summed E-state index contributed by atoms with van der Waals surface area (Å²) in [5.41, 5.74) is 4.22. The van der Waals surface area contributed by atoms with E-state index in [2.05, 4.69) is 10.3 Å². The van der Waals surface area contributed by atoms with E-state index in [0.717, 1.165) is 16.8 Å². The summed E-state index contributed by atoms with van der Waals surface area (Å²) in [6.07, 6.45) is -3.48. The van der Waals surface area contributed by atoms with Gasteiger partial charge in [0, 0.05) is 10.9 Å². The Hall–Kier alpha value is -5.10. The number of hydrogen-bond donors (Lipinski definition) is 2. The lowest BCUT2D eigenvalue weighted by molar-refractivity contribution is -0.140. The van der Waals surface area contributed by atoms with Crippen LogP contribution in [0.5, 0.6) is 5.75 Å². The number of carbonyl (C=O) groups is 2. The van der Waals surface area contributed by atoms with Crippen molar-refractivity contribution in [3.8, 4) is 17.1 Å². The minimum absolute atomic E-state index is 0.0182. The molecule has 0 atom stereocenters. The van der Waals surface area contributed by atoms with E-state index in [-0.39, 0.29) is 44.5 Å². The molecule has 0 saturated carbocycles. The molecule has 0 fully saturated rings. The molecular weight excluding hydrogens is 559 g/mol. The Morgan fingerprint density at radius 3 is 2.54 bits per heavy atom. The summed E-state index contributed by atoms with van der Waals surface area (Å²) in [6.45, 7) is 0.0340. The summed E-state index contributed by atoms with van der Waals surface area (Å²) in [4.78, 5) is 28.8. The highest BCUT2D eigenvalue weighted by Crippen LogP contribution is 2.44. The number of aromatic nitrogens is 1. The van der Waals surface area contributed by atoms with E-state index in [9.17, 15) is 22.8 Å². The third-order valence-corrected chi connectivity index (χ3v) is 7.29. The number of nitrogens with one attached hydrogen (secondary N) is 1. The number of furan rings is 2. The van der Waals surface area contributed by atoms with Gasteiger partial charge in [-0.2, -0.15) is 13.2 Å². The number of halogens is 3. The van der Waals surface area contributed by atoms with E-state index in [1.807, 2.05) is 42.5 Å². The summed E-state index contributed by atoms with van der Waals surface area (Å²) in [5.74, 6) is -0.783. The van der Waals surface area contributed by atoms with Crippen molar-refractivity contribution >= 4 is 49.8 Å². The molecule has 0 aliphatic carbocycles. The predicted octanol–water partition coefficient (Wildman–Crippen LogP) is 7.25. The molecular formula is C29H18F3N3O5S. The second kappa shape index (κ2) is 10.1. The molecule has 0 bridgehead atoms. The molecule has 4 heterocycles. The second-order valence-corrected chi connectivity index (χ2v) is 9.90. The van der Waals surface area contributed by atoms with Gasteiger partial charge >= 0.3 is 6.18 Å². The number of amides is 2. The Balaban J connectivity index is 1.30. The van der Waals surface area contributed by atoms with E-state index in [1.54, 1.807) is 6.07 Å². The Bertz CT molecular complexity index is 1930. The van der Waals surface area contributed by atoms with Gasteiger partial charge in [0.1, 0.15) is 39.3 Å². The number of alkyl halides is 3. The summed E-state index contributed by atoms with van der Waals surface area (Å²) >= 11 is 0.630. The first-order chi connectivity index (χ1) is 19.7. The summed E-state index contributed by atoms with van der Waals surface area (Å²) in [6, 6.07) is 20.2. The zero-order valence-corrected chi connectivity index (χ0v) is 21.6. The number of carbonyl (C=O) groups excluding carboxylic acids is 2. The normalized spacial score (nSPS) is 11.7. The molecule has 2 amide bonds. The molecule has 0 aliphatic heterocycles. The molecule has 0 unspecified atom stereocenters. The maximum atomic E-state index is 13.6. The van der Waals surface area contributed by atoms with Crippen LogP contribution in [0.15, 0.2) is 87.9 Å². The van der Waals surface area contributed by atoms with Crippen LogP contribution in [0.25, 0.3) is 32.3 Å². The van der Waals surface area contributed by atoms with Crippen molar-refractivity contribution in [3.63, 3.8) is 0 Å². The lowest BCUT2D eigenvalue weighted by atomic mass is 10.1. The molecule has 3 N–H and O–H groups in total. The number of pyridine rings is 1. The van der Waals surface area contributed by atoms with Crippen molar-refractivity contribution in [2.24, 2.45) is 5.73 Å². The molecule has 6 aromatic rings. The highest BCUT2D eigenvalue weighted by molar-refractivity contribution is 7.21. The molecule has 8 nitrogen and oxygen atoms in total. The molecule has 12 heteroatoms. The van der Waals surface area contributed by atoms with Gasteiger partial charge in [-0.3, -0.25) is 9.59 Å². The predicted molar refractivity (Wildman–Crippen MR) is 146 cm³/mol. The number of benzene rings is 2. The quantitative estimate of drug-likeness (QED) is 0.206. The largest absolute Gasteiger partial charge is 0.486 e. The molecule has 0 radical (unpaired) electrons. The van der Waals surface area contributed by atoms with Gasteiger partial charge in [0.15, 0.2) is 5.76 Å². The van der Waals surface area contributed by atoms with Gasteiger partial charge in [0.05, 0.1) is 12.0 Å². The van der Waals surface area contributed by atoms with Crippen molar-refractivity contribution < 1.29 is 36.3 Å². The van der Waals surface area contributed by atoms with E-state index < -0.39 is 23.7 Å². The van der Waals surface area contributed by atoms with E-state index in [0.29, 0.717) is 22.8 Å². The maximum absolute atomic E-state index is 13.6. The van der Waals surface area contributed by atoms with Gasteiger partial charge in [-0.05, 0) is 53.2 Å². The van der Waals surface area contributed by atoms with Gasteiger partial charge in [-0.15, -0.1) is 11.3 Å². The molecule has 2 aromatic carbocycles. The van der Waals surface area contributed by atoms with E-state index in [1.165, 1.54) is 24.5 Å². The molecule has 0 saturated heterocycles. The van der Waals surface area contributed by atoms with Crippen molar-refractivity contribution in [2.45, 2.75) is 12.8 Å². The molecule has 0 aliphatic rings. The smallest absolute Gasteiger partial charge is 0.433 e. The topological polar surface area (TPSA) is 121 Å². The summed E-state index contributed by atoms with van der Waals surface area (Å²) in [5, 5.41) is 4.71. The number of hydrogen-bond acceptors (Lipinski definition) is 7. The summed E-state index contributed by atoms with van der Waals surface area (Å²) in [7, 11) is 0. The zero-order chi connectivity index (χ0) is 28.7. The Morgan fingerprint density at radius 1 is 1.00 bits per heavy atom. The van der Waals surface area contributed by atoms with Gasteiger partial charge < -0.3 is 24.6 Å². The summed E-state index contributed by atoms with van der Waals surface area (Å²) < 4.78 is 57.6. The highest BCUT2D eigenvalue weighted by atomic mass is 32.1. The van der Waals surface area contributed by atoms with Gasteiger partial charge in [0.2, 0.25) is 0 Å². The second-order valence-electron chi connectivity index (χ2n) is 8.90. The van der Waals surface area contributed by atoms with Crippen LogP contribution >= 0.6 is 11.3 Å².